The summed E-state index contributed by atoms with van der Waals surface area (Å²) in [7, 11) is 3.06. The lowest BCUT2D eigenvalue weighted by Gasteiger charge is -2.21. The van der Waals surface area contributed by atoms with Gasteiger partial charge in [0.05, 0.1) is 12.2 Å². The molecule has 0 unspecified atom stereocenters. The molecule has 152 valence electrons. The second-order valence-electron chi connectivity index (χ2n) is 7.39. The van der Waals surface area contributed by atoms with Crippen molar-refractivity contribution in [3.8, 4) is 11.3 Å². The van der Waals surface area contributed by atoms with Gasteiger partial charge < -0.3 is 19.8 Å². The molecule has 2 aromatic carbocycles. The van der Waals surface area contributed by atoms with Crippen LogP contribution >= 0.6 is 0 Å². The average molecular weight is 392 g/mol. The van der Waals surface area contributed by atoms with Crippen LogP contribution in [0.3, 0.4) is 0 Å². The van der Waals surface area contributed by atoms with Crippen molar-refractivity contribution in [3.63, 3.8) is 0 Å². The van der Waals surface area contributed by atoms with Gasteiger partial charge in [-0.05, 0) is 49.6 Å². The van der Waals surface area contributed by atoms with Gasteiger partial charge in [0.15, 0.2) is 6.29 Å². The first-order valence-electron chi connectivity index (χ1n) is 9.57. The van der Waals surface area contributed by atoms with E-state index in [2.05, 4.69) is 38.1 Å². The van der Waals surface area contributed by atoms with Crippen LogP contribution in [0.2, 0.25) is 0 Å². The number of methoxy groups -OCH3 is 2. The Balaban J connectivity index is 2.25. The van der Waals surface area contributed by atoms with Crippen LogP contribution in [0.5, 0.6) is 0 Å². The van der Waals surface area contributed by atoms with E-state index in [1.165, 1.54) is 19.8 Å². The minimum Gasteiger partial charge on any atom is -0.394 e. The maximum absolute atomic E-state index is 13.3. The first-order valence-corrected chi connectivity index (χ1v) is 9.57. The van der Waals surface area contributed by atoms with E-state index in [4.69, 9.17) is 15.2 Å². The largest absolute Gasteiger partial charge is 0.394 e. The molecule has 0 spiro atoms. The summed E-state index contributed by atoms with van der Waals surface area (Å²) in [5.41, 5.74) is 12.9. The number of ether oxygens (including phenoxy) is 2. The van der Waals surface area contributed by atoms with Crippen LogP contribution in [0.1, 0.15) is 34.1 Å². The number of nitrogens with two attached hydrogens (primary N) is 1. The fourth-order valence-electron chi connectivity index (χ4n) is 3.62. The van der Waals surface area contributed by atoms with Gasteiger partial charge in [0, 0.05) is 19.8 Å². The number of nitrogen functional groups attached to an aromatic ring is 1. The van der Waals surface area contributed by atoms with Crippen LogP contribution in [-0.2, 0) is 16.0 Å². The van der Waals surface area contributed by atoms with Crippen molar-refractivity contribution in [1.29, 1.82) is 0 Å². The SMILES string of the molecule is COC(OC)c1cc(-c2cccc(C)c2)n(Cc2ccc(C)cc2C)c(=O)c1N. The Morgan fingerprint density at radius 3 is 2.28 bits per heavy atom. The molecular formula is C24H28N2O3. The first-order chi connectivity index (χ1) is 13.8. The van der Waals surface area contributed by atoms with Crippen molar-refractivity contribution in [1.82, 2.24) is 4.57 Å². The lowest BCUT2D eigenvalue weighted by Crippen LogP contribution is -2.28. The maximum atomic E-state index is 13.3. The zero-order valence-electron chi connectivity index (χ0n) is 17.7. The number of hydrogen-bond acceptors (Lipinski definition) is 4. The van der Waals surface area contributed by atoms with Crippen LogP contribution in [-0.4, -0.2) is 18.8 Å². The molecular weight excluding hydrogens is 364 g/mol. The van der Waals surface area contributed by atoms with Crippen molar-refractivity contribution in [2.75, 3.05) is 20.0 Å². The summed E-state index contributed by atoms with van der Waals surface area (Å²) in [6.07, 6.45) is -0.706. The smallest absolute Gasteiger partial charge is 0.274 e. The summed E-state index contributed by atoms with van der Waals surface area (Å²) in [5, 5.41) is 0. The van der Waals surface area contributed by atoms with Crippen molar-refractivity contribution < 1.29 is 9.47 Å². The number of aryl methyl sites for hydroxylation is 3. The predicted molar refractivity (Wildman–Crippen MR) is 117 cm³/mol. The van der Waals surface area contributed by atoms with E-state index < -0.39 is 6.29 Å². The third-order valence-electron chi connectivity index (χ3n) is 5.19. The Labute approximate surface area is 171 Å². The number of rotatable bonds is 6. The van der Waals surface area contributed by atoms with Crippen LogP contribution in [0, 0.1) is 20.8 Å². The quantitative estimate of drug-likeness (QED) is 0.633. The van der Waals surface area contributed by atoms with Gasteiger partial charge in [-0.2, -0.15) is 0 Å². The molecule has 0 aliphatic rings. The summed E-state index contributed by atoms with van der Waals surface area (Å²) in [4.78, 5) is 13.3. The van der Waals surface area contributed by atoms with Crippen LogP contribution in [0.15, 0.2) is 53.3 Å². The molecule has 0 aliphatic heterocycles. The summed E-state index contributed by atoms with van der Waals surface area (Å²) < 4.78 is 12.5. The summed E-state index contributed by atoms with van der Waals surface area (Å²) in [5.74, 6) is 0. The topological polar surface area (TPSA) is 66.5 Å². The fourth-order valence-corrected chi connectivity index (χ4v) is 3.62. The number of nitrogens with zero attached hydrogens (tertiary/aromatic N) is 1. The standard InChI is InChI=1S/C24H28N2O3/c1-15-7-6-8-18(12-15)21-13-20(24(28-4)29-5)22(25)23(27)26(21)14-19-10-9-16(2)11-17(19)3/h6-13,24H,14,25H2,1-5H3. The highest BCUT2D eigenvalue weighted by Gasteiger charge is 2.21. The molecule has 2 N–H and O–H groups in total. The highest BCUT2D eigenvalue weighted by molar-refractivity contribution is 5.65. The molecule has 1 heterocycles. The molecule has 0 saturated carbocycles. The minimum absolute atomic E-state index is 0.139. The van der Waals surface area contributed by atoms with E-state index in [-0.39, 0.29) is 11.2 Å². The molecule has 0 atom stereocenters. The summed E-state index contributed by atoms with van der Waals surface area (Å²) in [6.45, 7) is 6.58. The number of hydrogen-bond donors (Lipinski definition) is 1. The van der Waals surface area contributed by atoms with Crippen molar-refractivity contribution >= 4 is 5.69 Å². The Morgan fingerprint density at radius 1 is 0.966 bits per heavy atom. The van der Waals surface area contributed by atoms with E-state index in [1.807, 2.05) is 31.2 Å². The Kier molecular flexibility index (Phi) is 6.20. The van der Waals surface area contributed by atoms with E-state index in [0.29, 0.717) is 12.1 Å². The lowest BCUT2D eigenvalue weighted by atomic mass is 10.0. The Morgan fingerprint density at radius 2 is 1.66 bits per heavy atom. The van der Waals surface area contributed by atoms with Gasteiger partial charge in [-0.3, -0.25) is 4.79 Å². The monoisotopic (exact) mass is 392 g/mol. The molecule has 0 amide bonds. The second kappa shape index (κ2) is 8.64. The van der Waals surface area contributed by atoms with Crippen molar-refractivity contribution in [2.24, 2.45) is 0 Å². The highest BCUT2D eigenvalue weighted by Crippen LogP contribution is 2.29. The van der Waals surface area contributed by atoms with Crippen LogP contribution in [0.4, 0.5) is 5.69 Å². The molecule has 0 aliphatic carbocycles. The molecule has 1 aromatic heterocycles. The van der Waals surface area contributed by atoms with Gasteiger partial charge in [0.2, 0.25) is 0 Å². The van der Waals surface area contributed by atoms with E-state index >= 15 is 0 Å². The molecule has 0 fully saturated rings. The van der Waals surface area contributed by atoms with Crippen LogP contribution < -0.4 is 11.3 Å². The Bertz CT molecular complexity index is 1080. The van der Waals surface area contributed by atoms with Crippen LogP contribution in [0.25, 0.3) is 11.3 Å². The van der Waals surface area contributed by atoms with Crippen molar-refractivity contribution in [3.05, 3.63) is 86.7 Å². The molecule has 3 rings (SSSR count). The average Bonchev–Trinajstić information content (AvgIpc) is 2.69. The normalized spacial score (nSPS) is 11.2. The first kappa shape index (κ1) is 20.8. The number of anilines is 1. The molecule has 29 heavy (non-hydrogen) atoms. The third kappa shape index (κ3) is 4.26. The third-order valence-corrected chi connectivity index (χ3v) is 5.19. The van der Waals surface area contributed by atoms with E-state index in [0.717, 1.165) is 27.9 Å². The van der Waals surface area contributed by atoms with Gasteiger partial charge in [0.1, 0.15) is 5.69 Å². The highest BCUT2D eigenvalue weighted by atomic mass is 16.7. The molecule has 5 nitrogen and oxygen atoms in total. The molecule has 0 radical (unpaired) electrons. The van der Waals surface area contributed by atoms with Gasteiger partial charge in [-0.15, -0.1) is 0 Å². The predicted octanol–water partition coefficient (Wildman–Crippen LogP) is 4.36. The second-order valence-corrected chi connectivity index (χ2v) is 7.39. The number of pyridine rings is 1. The minimum atomic E-state index is -0.706. The molecule has 3 aromatic rings. The van der Waals surface area contributed by atoms with Gasteiger partial charge >= 0.3 is 0 Å². The fraction of sp³-hybridized carbons (Fsp3) is 0.292. The zero-order valence-corrected chi connectivity index (χ0v) is 17.7. The summed E-state index contributed by atoms with van der Waals surface area (Å²) >= 11 is 0. The number of benzene rings is 2. The van der Waals surface area contributed by atoms with Gasteiger partial charge in [-0.25, -0.2) is 0 Å². The van der Waals surface area contributed by atoms with Gasteiger partial charge in [0.25, 0.3) is 5.56 Å². The Hall–Kier alpha value is -2.89. The van der Waals surface area contributed by atoms with E-state index in [1.54, 1.807) is 4.57 Å². The maximum Gasteiger partial charge on any atom is 0.274 e. The van der Waals surface area contributed by atoms with Gasteiger partial charge in [-0.1, -0.05) is 47.5 Å². The van der Waals surface area contributed by atoms with E-state index in [9.17, 15) is 4.79 Å². The number of aromatic nitrogens is 1. The molecule has 5 heteroatoms. The van der Waals surface area contributed by atoms with Crippen molar-refractivity contribution in [2.45, 2.75) is 33.6 Å². The molecule has 0 saturated heterocycles. The summed E-state index contributed by atoms with van der Waals surface area (Å²) in [6, 6.07) is 16.2. The lowest BCUT2D eigenvalue weighted by molar-refractivity contribution is -0.105. The zero-order chi connectivity index (χ0) is 21.1. The molecule has 0 bridgehead atoms.